The molecule has 0 radical (unpaired) electrons. The third-order valence-electron chi connectivity index (χ3n) is 3.57. The highest BCUT2D eigenvalue weighted by atomic mass is 19.3. The average Bonchev–Trinajstić information content (AvgIpc) is 2.55. The molecule has 2 amide bonds. The molecule has 1 fully saturated rings. The summed E-state index contributed by atoms with van der Waals surface area (Å²) in [6.45, 7) is -2.12. The molecule has 128 valence electrons. The summed E-state index contributed by atoms with van der Waals surface area (Å²) in [7, 11) is 0. The molecule has 2 rings (SSSR count). The fraction of sp³-hybridized carbons (Fsp3) is 0.400. The van der Waals surface area contributed by atoms with E-state index in [9.17, 15) is 23.5 Å². The van der Waals surface area contributed by atoms with Crippen LogP contribution in [0.25, 0.3) is 0 Å². The van der Waals surface area contributed by atoms with Gasteiger partial charge in [-0.1, -0.05) is 30.3 Å². The summed E-state index contributed by atoms with van der Waals surface area (Å²) in [5.74, 6) is -5.89. The number of β-amino-alcohol motifs (C(OH)–C–C–N with tert-alkyl or cyclic N) is 1. The van der Waals surface area contributed by atoms with Crippen LogP contribution in [0.15, 0.2) is 30.3 Å². The van der Waals surface area contributed by atoms with E-state index in [1.54, 1.807) is 35.6 Å². The minimum Gasteiger partial charge on any atom is -0.445 e. The molecular weight excluding hydrogens is 324 g/mol. The van der Waals surface area contributed by atoms with E-state index in [0.29, 0.717) is 0 Å². The van der Waals surface area contributed by atoms with Gasteiger partial charge in [0.15, 0.2) is 5.60 Å². The van der Waals surface area contributed by atoms with Gasteiger partial charge >= 0.3 is 12.0 Å². The van der Waals surface area contributed by atoms with Gasteiger partial charge in [0.25, 0.3) is 5.91 Å². The first kappa shape index (κ1) is 17.6. The smallest absolute Gasteiger partial charge is 0.410 e. The van der Waals surface area contributed by atoms with E-state index in [1.807, 2.05) is 0 Å². The van der Waals surface area contributed by atoms with Gasteiger partial charge in [-0.2, -0.15) is 14.0 Å². The number of halogens is 2. The van der Waals surface area contributed by atoms with E-state index in [-0.39, 0.29) is 6.61 Å². The van der Waals surface area contributed by atoms with Gasteiger partial charge in [-0.25, -0.2) is 4.79 Å². The Bertz CT molecular complexity index is 654. The zero-order valence-electron chi connectivity index (χ0n) is 12.5. The average molecular weight is 339 g/mol. The molecule has 0 aliphatic carbocycles. The molecule has 1 saturated heterocycles. The highest BCUT2D eigenvalue weighted by Crippen LogP contribution is 2.37. The number of nitrogens with one attached hydrogen (secondary N) is 1. The number of aliphatic hydroxyl groups is 1. The number of carbonyl (C=O) groups is 2. The van der Waals surface area contributed by atoms with Gasteiger partial charge in [-0.15, -0.1) is 0 Å². The second kappa shape index (κ2) is 6.80. The predicted molar refractivity (Wildman–Crippen MR) is 76.7 cm³/mol. The quantitative estimate of drug-likeness (QED) is 0.767. The number of rotatable bonds is 5. The molecule has 7 nitrogen and oxygen atoms in total. The number of nitrogens with zero attached hydrogens (tertiary/aromatic N) is 2. The maximum absolute atomic E-state index is 13.9. The Balaban J connectivity index is 1.87. The molecule has 1 heterocycles. The number of benzene rings is 1. The maximum Gasteiger partial charge on any atom is 0.410 e. The van der Waals surface area contributed by atoms with Crippen LogP contribution in [0.3, 0.4) is 0 Å². The summed E-state index contributed by atoms with van der Waals surface area (Å²) in [4.78, 5) is 24.0. The molecule has 24 heavy (non-hydrogen) atoms. The number of hydrogen-bond donors (Lipinski definition) is 2. The van der Waals surface area contributed by atoms with Crippen LogP contribution in [-0.4, -0.2) is 53.2 Å². The lowest BCUT2D eigenvalue weighted by atomic mass is 9.86. The second-order valence-electron chi connectivity index (χ2n) is 5.34. The number of nitriles is 1. The highest BCUT2D eigenvalue weighted by Gasteiger charge is 2.65. The van der Waals surface area contributed by atoms with Crippen molar-refractivity contribution < 1.29 is 28.2 Å². The number of hydrogen-bond acceptors (Lipinski definition) is 5. The van der Waals surface area contributed by atoms with Crippen LogP contribution in [-0.2, 0) is 16.1 Å². The number of amides is 2. The lowest BCUT2D eigenvalue weighted by Gasteiger charge is -2.48. The predicted octanol–water partition coefficient (Wildman–Crippen LogP) is 0.645. The van der Waals surface area contributed by atoms with Crippen LogP contribution in [0.4, 0.5) is 13.6 Å². The summed E-state index contributed by atoms with van der Waals surface area (Å²) in [6, 6.07) is 10.2. The second-order valence-corrected chi connectivity index (χ2v) is 5.34. The molecule has 0 aromatic heterocycles. The molecule has 1 aliphatic heterocycles. The largest absolute Gasteiger partial charge is 0.445 e. The third kappa shape index (κ3) is 3.44. The molecule has 1 aromatic carbocycles. The molecule has 0 spiro atoms. The summed E-state index contributed by atoms with van der Waals surface area (Å²) in [5.41, 5.74) is -1.96. The van der Waals surface area contributed by atoms with Gasteiger partial charge in [-0.05, 0) is 5.56 Å². The van der Waals surface area contributed by atoms with Crippen LogP contribution in [0.2, 0.25) is 0 Å². The van der Waals surface area contributed by atoms with Crippen molar-refractivity contribution in [1.82, 2.24) is 10.2 Å². The van der Waals surface area contributed by atoms with Crippen molar-refractivity contribution in [3.8, 4) is 6.07 Å². The first-order valence-electron chi connectivity index (χ1n) is 7.01. The first-order chi connectivity index (χ1) is 11.3. The van der Waals surface area contributed by atoms with Gasteiger partial charge < -0.3 is 20.1 Å². The van der Waals surface area contributed by atoms with Gasteiger partial charge in [-0.3, -0.25) is 4.79 Å². The first-order valence-corrected chi connectivity index (χ1v) is 7.01. The Morgan fingerprint density at radius 2 is 2.00 bits per heavy atom. The molecule has 0 bridgehead atoms. The van der Waals surface area contributed by atoms with Crippen molar-refractivity contribution in [2.45, 2.75) is 18.1 Å². The van der Waals surface area contributed by atoms with Crippen molar-refractivity contribution in [2.24, 2.45) is 0 Å². The lowest BCUT2D eigenvalue weighted by Crippen LogP contribution is -2.74. The van der Waals surface area contributed by atoms with E-state index in [1.165, 1.54) is 6.07 Å². The monoisotopic (exact) mass is 339 g/mol. The van der Waals surface area contributed by atoms with Crippen LogP contribution >= 0.6 is 0 Å². The molecule has 2 N–H and O–H groups in total. The van der Waals surface area contributed by atoms with Crippen LogP contribution in [0.5, 0.6) is 0 Å². The van der Waals surface area contributed by atoms with Gasteiger partial charge in [0, 0.05) is 0 Å². The van der Waals surface area contributed by atoms with Crippen molar-refractivity contribution >= 4 is 12.0 Å². The zero-order valence-corrected chi connectivity index (χ0v) is 12.5. The summed E-state index contributed by atoms with van der Waals surface area (Å²) in [6.07, 6.45) is -0.864. The molecule has 0 atom stereocenters. The number of alkyl halides is 2. The van der Waals surface area contributed by atoms with Gasteiger partial charge in [0.05, 0.1) is 19.2 Å². The summed E-state index contributed by atoms with van der Waals surface area (Å²) >= 11 is 0. The Hall–Kier alpha value is -2.73. The van der Waals surface area contributed by atoms with Crippen molar-refractivity contribution in [1.29, 1.82) is 5.26 Å². The van der Waals surface area contributed by atoms with E-state index in [2.05, 4.69) is 0 Å². The standard InChI is InChI=1S/C15H15F2N3O4/c16-15(17,12(21)19-7-6-18)14(23)9-20(10-14)13(22)24-8-11-4-2-1-3-5-11/h1-5,23H,7-10H2,(H,19,21). The summed E-state index contributed by atoms with van der Waals surface area (Å²) in [5, 5.41) is 19.8. The number of likely N-dealkylation sites (tertiary alicyclic amines) is 1. The van der Waals surface area contributed by atoms with Crippen LogP contribution in [0.1, 0.15) is 5.56 Å². The maximum atomic E-state index is 13.9. The minimum absolute atomic E-state index is 0.0341. The highest BCUT2D eigenvalue weighted by molar-refractivity contribution is 5.86. The number of carbonyl (C=O) groups excluding carboxylic acids is 2. The Labute approximate surface area is 136 Å². The molecule has 1 aromatic rings. The normalized spacial score (nSPS) is 15.8. The van der Waals surface area contributed by atoms with E-state index >= 15 is 0 Å². The SMILES string of the molecule is N#CCNC(=O)C(F)(F)C1(O)CN(C(=O)OCc2ccccc2)C1. The van der Waals surface area contributed by atoms with Crippen LogP contribution < -0.4 is 5.32 Å². The zero-order chi connectivity index (χ0) is 17.8. The Kier molecular flexibility index (Phi) is 4.99. The Morgan fingerprint density at radius 3 is 2.58 bits per heavy atom. The fourth-order valence-electron chi connectivity index (χ4n) is 2.17. The van der Waals surface area contributed by atoms with Crippen molar-refractivity contribution in [3.63, 3.8) is 0 Å². The van der Waals surface area contributed by atoms with E-state index < -0.39 is 43.2 Å². The topological polar surface area (TPSA) is 103 Å². The fourth-order valence-corrected chi connectivity index (χ4v) is 2.17. The van der Waals surface area contributed by atoms with E-state index in [4.69, 9.17) is 10.00 Å². The molecule has 0 unspecified atom stereocenters. The van der Waals surface area contributed by atoms with Gasteiger partial charge in [0.1, 0.15) is 13.2 Å². The van der Waals surface area contributed by atoms with Gasteiger partial charge in [0.2, 0.25) is 0 Å². The third-order valence-corrected chi connectivity index (χ3v) is 3.57. The Morgan fingerprint density at radius 1 is 1.38 bits per heavy atom. The van der Waals surface area contributed by atoms with Crippen molar-refractivity contribution in [3.05, 3.63) is 35.9 Å². The molecular formula is C15H15F2N3O4. The van der Waals surface area contributed by atoms with Crippen LogP contribution in [0, 0.1) is 11.3 Å². The molecule has 9 heteroatoms. The lowest BCUT2D eigenvalue weighted by molar-refractivity contribution is -0.228. The van der Waals surface area contributed by atoms with E-state index in [0.717, 1.165) is 10.5 Å². The summed E-state index contributed by atoms with van der Waals surface area (Å²) < 4.78 is 32.8. The molecule has 0 saturated carbocycles. The minimum atomic E-state index is -4.12. The number of ether oxygens (including phenoxy) is 1. The van der Waals surface area contributed by atoms with Crippen molar-refractivity contribution in [2.75, 3.05) is 19.6 Å². The molecule has 1 aliphatic rings.